The van der Waals surface area contributed by atoms with Crippen LogP contribution in [0.1, 0.15) is 17.8 Å². The van der Waals surface area contributed by atoms with Crippen LogP contribution >= 0.6 is 0 Å². The third-order valence-corrected chi connectivity index (χ3v) is 3.67. The second kappa shape index (κ2) is 4.14. The Morgan fingerprint density at radius 1 is 1.50 bits per heavy atom. The van der Waals surface area contributed by atoms with Gasteiger partial charge in [0.05, 0.1) is 11.4 Å². The Kier molecular flexibility index (Phi) is 2.65. The van der Waals surface area contributed by atoms with Gasteiger partial charge in [0, 0.05) is 32.6 Å². The van der Waals surface area contributed by atoms with Crippen LogP contribution < -0.4 is 5.32 Å². The molecule has 3 rings (SSSR count). The van der Waals surface area contributed by atoms with Crippen LogP contribution in [0.4, 0.5) is 0 Å². The van der Waals surface area contributed by atoms with Gasteiger partial charge in [0.1, 0.15) is 0 Å². The average molecular weight is 221 g/mol. The fourth-order valence-corrected chi connectivity index (χ4v) is 2.76. The zero-order valence-electron chi connectivity index (χ0n) is 9.82. The minimum atomic E-state index is 0.755. The standard InChI is InChI=1S/C11H19N5/c1-15-5-3-9(7-15)8-16-11-2-4-12-6-10(11)13-14-16/h9,12H,2-8H2,1H3. The van der Waals surface area contributed by atoms with Gasteiger partial charge in [-0.2, -0.15) is 0 Å². The molecule has 1 aromatic heterocycles. The van der Waals surface area contributed by atoms with Crippen LogP contribution in [-0.4, -0.2) is 46.6 Å². The van der Waals surface area contributed by atoms with E-state index in [1.165, 1.54) is 25.2 Å². The van der Waals surface area contributed by atoms with E-state index in [9.17, 15) is 0 Å². The van der Waals surface area contributed by atoms with E-state index >= 15 is 0 Å². The summed E-state index contributed by atoms with van der Waals surface area (Å²) in [4.78, 5) is 2.40. The average Bonchev–Trinajstić information content (AvgIpc) is 2.87. The second-order valence-corrected chi connectivity index (χ2v) is 5.01. The summed E-state index contributed by atoms with van der Waals surface area (Å²) in [7, 11) is 2.20. The Morgan fingerprint density at radius 3 is 3.25 bits per heavy atom. The van der Waals surface area contributed by atoms with Gasteiger partial charge in [-0.15, -0.1) is 5.10 Å². The van der Waals surface area contributed by atoms with Gasteiger partial charge in [-0.1, -0.05) is 5.21 Å². The molecule has 1 saturated heterocycles. The fraction of sp³-hybridized carbons (Fsp3) is 0.818. The lowest BCUT2D eigenvalue weighted by molar-refractivity contribution is 0.363. The van der Waals surface area contributed by atoms with E-state index in [1.807, 2.05) is 0 Å². The molecule has 0 amide bonds. The van der Waals surface area contributed by atoms with Crippen molar-refractivity contribution >= 4 is 0 Å². The predicted octanol–water partition coefficient (Wildman–Crippen LogP) is -0.124. The Morgan fingerprint density at radius 2 is 2.44 bits per heavy atom. The Balaban J connectivity index is 1.72. The highest BCUT2D eigenvalue weighted by molar-refractivity contribution is 5.13. The normalized spacial score (nSPS) is 25.9. The van der Waals surface area contributed by atoms with Crippen molar-refractivity contribution in [2.75, 3.05) is 26.7 Å². The van der Waals surface area contributed by atoms with E-state index in [2.05, 4.69) is 32.3 Å². The molecular formula is C11H19N5. The van der Waals surface area contributed by atoms with Gasteiger partial charge >= 0.3 is 0 Å². The number of aromatic nitrogens is 3. The second-order valence-electron chi connectivity index (χ2n) is 5.01. The molecule has 5 nitrogen and oxygen atoms in total. The lowest BCUT2D eigenvalue weighted by Crippen LogP contribution is -2.26. The molecule has 0 saturated carbocycles. The number of likely N-dealkylation sites (tertiary alicyclic amines) is 1. The molecule has 5 heteroatoms. The molecule has 1 aromatic rings. The number of rotatable bonds is 2. The Bertz CT molecular complexity index is 372. The van der Waals surface area contributed by atoms with E-state index in [0.717, 1.165) is 37.7 Å². The van der Waals surface area contributed by atoms with Crippen LogP contribution in [0.5, 0.6) is 0 Å². The first-order valence-electron chi connectivity index (χ1n) is 6.13. The molecule has 88 valence electrons. The highest BCUT2D eigenvalue weighted by Gasteiger charge is 2.23. The van der Waals surface area contributed by atoms with E-state index < -0.39 is 0 Å². The highest BCUT2D eigenvalue weighted by Crippen LogP contribution is 2.18. The molecule has 0 aliphatic carbocycles. The predicted molar refractivity (Wildman–Crippen MR) is 61.0 cm³/mol. The third kappa shape index (κ3) is 1.85. The number of nitrogens with zero attached hydrogens (tertiary/aromatic N) is 4. The summed E-state index contributed by atoms with van der Waals surface area (Å²) >= 11 is 0. The van der Waals surface area contributed by atoms with E-state index in [1.54, 1.807) is 0 Å². The van der Waals surface area contributed by atoms with Gasteiger partial charge in [0.15, 0.2) is 0 Å². The topological polar surface area (TPSA) is 46.0 Å². The maximum Gasteiger partial charge on any atom is 0.0997 e. The van der Waals surface area contributed by atoms with Crippen molar-refractivity contribution in [1.82, 2.24) is 25.2 Å². The molecule has 16 heavy (non-hydrogen) atoms. The first-order valence-corrected chi connectivity index (χ1v) is 6.13. The van der Waals surface area contributed by atoms with Crippen molar-refractivity contribution in [3.8, 4) is 0 Å². The van der Waals surface area contributed by atoms with Gasteiger partial charge in [-0.3, -0.25) is 0 Å². The van der Waals surface area contributed by atoms with E-state index in [0.29, 0.717) is 0 Å². The van der Waals surface area contributed by atoms with Crippen LogP contribution in [0.15, 0.2) is 0 Å². The van der Waals surface area contributed by atoms with Crippen molar-refractivity contribution in [2.45, 2.75) is 25.9 Å². The molecule has 0 bridgehead atoms. The number of nitrogens with one attached hydrogen (secondary N) is 1. The van der Waals surface area contributed by atoms with Crippen molar-refractivity contribution < 1.29 is 0 Å². The summed E-state index contributed by atoms with van der Waals surface area (Å²) in [6, 6.07) is 0. The van der Waals surface area contributed by atoms with Gasteiger partial charge in [0.25, 0.3) is 0 Å². The maximum atomic E-state index is 4.29. The SMILES string of the molecule is CN1CCC(Cn2nnc3c2CCNC3)C1. The summed E-state index contributed by atoms with van der Waals surface area (Å²) in [5.74, 6) is 0.755. The summed E-state index contributed by atoms with van der Waals surface area (Å²) in [5.41, 5.74) is 2.51. The lowest BCUT2D eigenvalue weighted by Gasteiger charge is -2.15. The molecule has 1 fully saturated rings. The molecule has 1 atom stereocenters. The summed E-state index contributed by atoms with van der Waals surface area (Å²) in [6.07, 6.45) is 2.37. The zero-order valence-corrected chi connectivity index (χ0v) is 9.82. The first-order chi connectivity index (χ1) is 7.83. The summed E-state index contributed by atoms with van der Waals surface area (Å²) in [6.45, 7) is 5.42. The number of hydrogen-bond acceptors (Lipinski definition) is 4. The summed E-state index contributed by atoms with van der Waals surface area (Å²) in [5, 5.41) is 11.9. The quantitative estimate of drug-likeness (QED) is 0.756. The number of fused-ring (bicyclic) bond motifs is 1. The fourth-order valence-electron chi connectivity index (χ4n) is 2.76. The van der Waals surface area contributed by atoms with Crippen molar-refractivity contribution in [3.63, 3.8) is 0 Å². The molecular weight excluding hydrogens is 202 g/mol. The smallest absolute Gasteiger partial charge is 0.0997 e. The molecule has 1 N–H and O–H groups in total. The van der Waals surface area contributed by atoms with Gasteiger partial charge in [-0.25, -0.2) is 4.68 Å². The van der Waals surface area contributed by atoms with Crippen LogP contribution in [0.25, 0.3) is 0 Å². The Labute approximate surface area is 95.8 Å². The summed E-state index contributed by atoms with van der Waals surface area (Å²) < 4.78 is 2.14. The third-order valence-electron chi connectivity index (χ3n) is 3.67. The minimum absolute atomic E-state index is 0.755. The van der Waals surface area contributed by atoms with Crippen LogP contribution in [0, 0.1) is 5.92 Å². The lowest BCUT2D eigenvalue weighted by atomic mass is 10.1. The molecule has 1 unspecified atom stereocenters. The molecule has 0 radical (unpaired) electrons. The van der Waals surface area contributed by atoms with Crippen molar-refractivity contribution in [3.05, 3.63) is 11.4 Å². The van der Waals surface area contributed by atoms with Crippen molar-refractivity contribution in [1.29, 1.82) is 0 Å². The van der Waals surface area contributed by atoms with Gasteiger partial charge < -0.3 is 10.2 Å². The van der Waals surface area contributed by atoms with E-state index in [4.69, 9.17) is 0 Å². The minimum Gasteiger partial charge on any atom is -0.311 e. The van der Waals surface area contributed by atoms with Gasteiger partial charge in [0.2, 0.25) is 0 Å². The van der Waals surface area contributed by atoms with Crippen LogP contribution in [0.3, 0.4) is 0 Å². The molecule has 3 heterocycles. The largest absolute Gasteiger partial charge is 0.311 e. The number of hydrogen-bond donors (Lipinski definition) is 1. The first kappa shape index (κ1) is 10.2. The zero-order chi connectivity index (χ0) is 11.0. The Hall–Kier alpha value is -0.940. The molecule has 0 aromatic carbocycles. The van der Waals surface area contributed by atoms with E-state index in [-0.39, 0.29) is 0 Å². The van der Waals surface area contributed by atoms with Crippen LogP contribution in [0.2, 0.25) is 0 Å². The van der Waals surface area contributed by atoms with Crippen LogP contribution in [-0.2, 0) is 19.5 Å². The maximum absolute atomic E-state index is 4.29. The molecule has 2 aliphatic rings. The highest BCUT2D eigenvalue weighted by atomic mass is 15.4. The van der Waals surface area contributed by atoms with Crippen molar-refractivity contribution in [2.24, 2.45) is 5.92 Å². The monoisotopic (exact) mass is 221 g/mol. The van der Waals surface area contributed by atoms with Gasteiger partial charge in [-0.05, 0) is 25.9 Å². The molecule has 0 spiro atoms. The molecule has 2 aliphatic heterocycles.